The van der Waals surface area contributed by atoms with E-state index in [4.69, 9.17) is 27.9 Å². The molecule has 1 saturated heterocycles. The smallest absolute Gasteiger partial charge is 0.255 e. The molecule has 2 aromatic carbocycles. The van der Waals surface area contributed by atoms with E-state index in [1.54, 1.807) is 11.0 Å². The zero-order valence-corrected chi connectivity index (χ0v) is 20.6. The van der Waals surface area contributed by atoms with Crippen LogP contribution in [0.3, 0.4) is 0 Å². The Morgan fingerprint density at radius 1 is 1.11 bits per heavy atom. The summed E-state index contributed by atoms with van der Waals surface area (Å²) in [4.78, 5) is 31.0. The summed E-state index contributed by atoms with van der Waals surface area (Å²) >= 11 is 11.8. The predicted octanol–water partition coefficient (Wildman–Crippen LogP) is 5.74. The van der Waals surface area contributed by atoms with Crippen LogP contribution in [0.2, 0.25) is 10.2 Å². The molecule has 1 N–H and O–H groups in total. The normalized spacial score (nSPS) is 14.0. The monoisotopic (exact) mass is 515 g/mol. The average Bonchev–Trinajstić information content (AvgIpc) is 2.86. The number of aromatic nitrogens is 1. The van der Waals surface area contributed by atoms with Crippen molar-refractivity contribution in [1.82, 2.24) is 9.88 Å². The standard InChI is InChI=1S/C26H24Cl2FN3O3/c1-35-23-7-4-20(29)12-18(23)14-24(33)31-21-5-2-16(3-6-21)17-8-10-32(11-9-17)26(34)19-13-22(27)25(28)30-15-19/h2-7,12-13,15,17H,8-11,14H2,1H3,(H,31,33). The van der Waals surface area contributed by atoms with Crippen LogP contribution < -0.4 is 10.1 Å². The molecular formula is C26H24Cl2FN3O3. The summed E-state index contributed by atoms with van der Waals surface area (Å²) in [7, 11) is 1.48. The second-order valence-electron chi connectivity index (χ2n) is 8.37. The zero-order valence-electron chi connectivity index (χ0n) is 19.1. The highest BCUT2D eigenvalue weighted by atomic mass is 35.5. The molecule has 4 rings (SSSR count). The van der Waals surface area contributed by atoms with Gasteiger partial charge in [0.2, 0.25) is 5.91 Å². The molecule has 2 heterocycles. The van der Waals surface area contributed by atoms with Crippen molar-refractivity contribution in [3.63, 3.8) is 0 Å². The third kappa shape index (κ3) is 6.10. The molecule has 9 heteroatoms. The summed E-state index contributed by atoms with van der Waals surface area (Å²) in [6.45, 7) is 1.25. The van der Waals surface area contributed by atoms with Gasteiger partial charge in [0.05, 0.1) is 24.1 Å². The summed E-state index contributed by atoms with van der Waals surface area (Å²) in [6, 6.07) is 13.3. The SMILES string of the molecule is COc1ccc(F)cc1CC(=O)Nc1ccc(C2CCN(C(=O)c3cnc(Cl)c(Cl)c3)CC2)cc1. The van der Waals surface area contributed by atoms with E-state index in [1.807, 2.05) is 24.3 Å². The fraction of sp³-hybridized carbons (Fsp3) is 0.269. The number of amides is 2. The molecule has 0 saturated carbocycles. The van der Waals surface area contributed by atoms with E-state index in [0.717, 1.165) is 18.4 Å². The third-order valence-corrected chi connectivity index (χ3v) is 6.77. The van der Waals surface area contributed by atoms with Gasteiger partial charge in [-0.2, -0.15) is 0 Å². The Balaban J connectivity index is 1.31. The average molecular weight is 516 g/mol. The lowest BCUT2D eigenvalue weighted by molar-refractivity contribution is -0.115. The highest BCUT2D eigenvalue weighted by molar-refractivity contribution is 6.41. The first kappa shape index (κ1) is 24.9. The van der Waals surface area contributed by atoms with Gasteiger partial charge in [-0.3, -0.25) is 9.59 Å². The Morgan fingerprint density at radius 3 is 2.49 bits per heavy atom. The van der Waals surface area contributed by atoms with Crippen LogP contribution in [0.15, 0.2) is 54.7 Å². The summed E-state index contributed by atoms with van der Waals surface area (Å²) in [5.41, 5.74) is 2.72. The number of hydrogen-bond donors (Lipinski definition) is 1. The summed E-state index contributed by atoms with van der Waals surface area (Å²) in [5, 5.41) is 3.28. The largest absolute Gasteiger partial charge is 0.496 e. The minimum absolute atomic E-state index is 0.00350. The number of ether oxygens (including phenoxy) is 1. The number of anilines is 1. The van der Waals surface area contributed by atoms with Crippen molar-refractivity contribution in [3.8, 4) is 5.75 Å². The molecule has 0 atom stereocenters. The molecule has 1 aliphatic rings. The first-order valence-corrected chi connectivity index (χ1v) is 11.9. The highest BCUT2D eigenvalue weighted by Gasteiger charge is 2.25. The molecule has 35 heavy (non-hydrogen) atoms. The van der Waals surface area contributed by atoms with Crippen LogP contribution in [0.1, 0.15) is 40.2 Å². The van der Waals surface area contributed by atoms with Gasteiger partial charge in [-0.25, -0.2) is 9.37 Å². The second kappa shape index (κ2) is 11.1. The molecule has 182 valence electrons. The number of piperidine rings is 1. The van der Waals surface area contributed by atoms with Gasteiger partial charge < -0.3 is 15.0 Å². The quantitative estimate of drug-likeness (QED) is 0.425. The molecule has 0 spiro atoms. The first-order chi connectivity index (χ1) is 16.8. The number of benzene rings is 2. The molecule has 0 aliphatic carbocycles. The maximum atomic E-state index is 13.5. The minimum Gasteiger partial charge on any atom is -0.496 e. The van der Waals surface area contributed by atoms with Crippen molar-refractivity contribution in [1.29, 1.82) is 0 Å². The maximum absolute atomic E-state index is 13.5. The fourth-order valence-corrected chi connectivity index (χ4v) is 4.51. The Hall–Kier alpha value is -3.16. The Kier molecular flexibility index (Phi) is 7.88. The molecule has 3 aromatic rings. The van der Waals surface area contributed by atoms with Gasteiger partial charge in [0.15, 0.2) is 0 Å². The summed E-state index contributed by atoms with van der Waals surface area (Å²) < 4.78 is 18.8. The number of carbonyl (C=O) groups excluding carboxylic acids is 2. The topological polar surface area (TPSA) is 71.5 Å². The Labute approximate surface area is 213 Å². The van der Waals surface area contributed by atoms with Crippen LogP contribution in [0.25, 0.3) is 0 Å². The summed E-state index contributed by atoms with van der Waals surface area (Å²) in [5.74, 6) is -0.00321. The molecule has 0 unspecified atom stereocenters. The lowest BCUT2D eigenvalue weighted by Crippen LogP contribution is -2.38. The molecule has 6 nitrogen and oxygen atoms in total. The van der Waals surface area contributed by atoms with E-state index in [2.05, 4.69) is 10.3 Å². The third-order valence-electron chi connectivity index (χ3n) is 6.08. The number of methoxy groups -OCH3 is 1. The number of halogens is 3. The number of pyridine rings is 1. The van der Waals surface area contributed by atoms with Gasteiger partial charge in [-0.15, -0.1) is 0 Å². The molecule has 0 bridgehead atoms. The van der Waals surface area contributed by atoms with Crippen LogP contribution in [0, 0.1) is 5.82 Å². The van der Waals surface area contributed by atoms with E-state index < -0.39 is 5.82 Å². The van der Waals surface area contributed by atoms with Crippen LogP contribution in [-0.4, -0.2) is 41.9 Å². The molecule has 1 aliphatic heterocycles. The minimum atomic E-state index is -0.417. The Morgan fingerprint density at radius 2 is 1.83 bits per heavy atom. The van der Waals surface area contributed by atoms with Crippen molar-refractivity contribution in [3.05, 3.63) is 87.4 Å². The van der Waals surface area contributed by atoms with Crippen molar-refractivity contribution in [2.75, 3.05) is 25.5 Å². The first-order valence-electron chi connectivity index (χ1n) is 11.2. The molecular weight excluding hydrogens is 492 g/mol. The van der Waals surface area contributed by atoms with E-state index in [1.165, 1.54) is 31.5 Å². The number of likely N-dealkylation sites (tertiary alicyclic amines) is 1. The molecule has 1 fully saturated rings. The zero-order chi connectivity index (χ0) is 24.9. The van der Waals surface area contributed by atoms with Gasteiger partial charge in [-0.1, -0.05) is 35.3 Å². The van der Waals surface area contributed by atoms with Crippen LogP contribution in [0.5, 0.6) is 5.75 Å². The van der Waals surface area contributed by atoms with E-state index >= 15 is 0 Å². The van der Waals surface area contributed by atoms with Gasteiger partial charge in [0.25, 0.3) is 5.91 Å². The lowest BCUT2D eigenvalue weighted by Gasteiger charge is -2.32. The van der Waals surface area contributed by atoms with E-state index in [0.29, 0.717) is 41.6 Å². The van der Waals surface area contributed by atoms with Crippen molar-refractivity contribution >= 4 is 40.7 Å². The van der Waals surface area contributed by atoms with Crippen LogP contribution in [-0.2, 0) is 11.2 Å². The summed E-state index contributed by atoms with van der Waals surface area (Å²) in [6.07, 6.45) is 3.10. The number of rotatable bonds is 6. The lowest BCUT2D eigenvalue weighted by atomic mass is 9.89. The van der Waals surface area contributed by atoms with Crippen LogP contribution in [0.4, 0.5) is 10.1 Å². The van der Waals surface area contributed by atoms with Crippen molar-refractivity contribution in [2.24, 2.45) is 0 Å². The predicted molar refractivity (Wildman–Crippen MR) is 134 cm³/mol. The number of hydrogen-bond acceptors (Lipinski definition) is 4. The maximum Gasteiger partial charge on any atom is 0.255 e. The van der Waals surface area contributed by atoms with Gasteiger partial charge >= 0.3 is 0 Å². The number of nitrogens with zero attached hydrogens (tertiary/aromatic N) is 2. The molecule has 1 aromatic heterocycles. The van der Waals surface area contributed by atoms with Gasteiger partial charge in [0.1, 0.15) is 16.7 Å². The van der Waals surface area contributed by atoms with Crippen molar-refractivity contribution < 1.29 is 18.7 Å². The highest BCUT2D eigenvalue weighted by Crippen LogP contribution is 2.30. The van der Waals surface area contributed by atoms with Gasteiger partial charge in [-0.05, 0) is 60.7 Å². The number of nitrogens with one attached hydrogen (secondary N) is 1. The molecule has 2 amide bonds. The van der Waals surface area contributed by atoms with E-state index in [-0.39, 0.29) is 28.4 Å². The molecule has 0 radical (unpaired) electrons. The van der Waals surface area contributed by atoms with Crippen molar-refractivity contribution in [2.45, 2.75) is 25.2 Å². The van der Waals surface area contributed by atoms with E-state index in [9.17, 15) is 14.0 Å². The Bertz CT molecular complexity index is 1230. The second-order valence-corrected chi connectivity index (χ2v) is 9.13. The van der Waals surface area contributed by atoms with Gasteiger partial charge in [0, 0.05) is 30.5 Å². The number of carbonyl (C=O) groups is 2. The van der Waals surface area contributed by atoms with Crippen LogP contribution >= 0.6 is 23.2 Å². The fourth-order valence-electron chi connectivity index (χ4n) is 4.24.